The van der Waals surface area contributed by atoms with Crippen LogP contribution >= 0.6 is 11.6 Å². The minimum atomic E-state index is -0.398. The van der Waals surface area contributed by atoms with Gasteiger partial charge in [-0.25, -0.2) is 0 Å². The van der Waals surface area contributed by atoms with E-state index < -0.39 is 5.91 Å². The van der Waals surface area contributed by atoms with Gasteiger partial charge in [0.15, 0.2) is 17.3 Å². The first kappa shape index (κ1) is 18.3. The number of fused-ring (bicyclic) bond motifs is 1. The van der Waals surface area contributed by atoms with Crippen molar-refractivity contribution in [2.45, 2.75) is 13.8 Å². The Bertz CT molecular complexity index is 1030. The molecule has 8 heteroatoms. The first-order chi connectivity index (χ1) is 13.5. The van der Waals surface area contributed by atoms with Crippen molar-refractivity contribution in [2.24, 2.45) is 5.92 Å². The van der Waals surface area contributed by atoms with Gasteiger partial charge in [-0.1, -0.05) is 37.6 Å². The van der Waals surface area contributed by atoms with Gasteiger partial charge in [0.25, 0.3) is 5.91 Å². The molecule has 1 aliphatic rings. The summed E-state index contributed by atoms with van der Waals surface area (Å²) in [6, 6.07) is 12.2. The van der Waals surface area contributed by atoms with Crippen molar-refractivity contribution in [2.75, 3.05) is 13.4 Å². The van der Waals surface area contributed by atoms with E-state index in [0.717, 1.165) is 0 Å². The van der Waals surface area contributed by atoms with E-state index in [2.05, 4.69) is 10.1 Å². The zero-order valence-corrected chi connectivity index (χ0v) is 16.1. The van der Waals surface area contributed by atoms with Gasteiger partial charge in [0.05, 0.1) is 17.2 Å². The summed E-state index contributed by atoms with van der Waals surface area (Å²) in [7, 11) is 0. The van der Waals surface area contributed by atoms with Crippen molar-refractivity contribution >= 4 is 17.5 Å². The molecular weight excluding hydrogens is 382 g/mol. The molecule has 1 aliphatic heterocycles. The quantitative estimate of drug-likeness (QED) is 0.644. The van der Waals surface area contributed by atoms with E-state index in [0.29, 0.717) is 46.0 Å². The van der Waals surface area contributed by atoms with Gasteiger partial charge in [-0.15, -0.1) is 5.10 Å². The number of hydrogen-bond acceptors (Lipinski definition) is 6. The van der Waals surface area contributed by atoms with Crippen molar-refractivity contribution in [1.82, 2.24) is 14.8 Å². The summed E-state index contributed by atoms with van der Waals surface area (Å²) >= 11 is 6.20. The molecule has 3 aromatic rings. The average Bonchev–Trinajstić information content (AvgIpc) is 3.32. The number of carbonyl (C=O) groups excluding carboxylic acids is 1. The molecule has 0 unspecified atom stereocenters. The third-order valence-electron chi connectivity index (χ3n) is 4.06. The van der Waals surface area contributed by atoms with E-state index >= 15 is 0 Å². The lowest BCUT2D eigenvalue weighted by molar-refractivity contribution is 0.0944. The Morgan fingerprint density at radius 2 is 2.00 bits per heavy atom. The monoisotopic (exact) mass is 399 g/mol. The van der Waals surface area contributed by atoms with Gasteiger partial charge in [-0.3, -0.25) is 4.79 Å². The average molecular weight is 400 g/mol. The van der Waals surface area contributed by atoms with Crippen LogP contribution in [0.15, 0.2) is 42.5 Å². The van der Waals surface area contributed by atoms with Crippen LogP contribution in [0.5, 0.6) is 17.5 Å². The topological polar surface area (TPSA) is 75.5 Å². The van der Waals surface area contributed by atoms with E-state index in [4.69, 9.17) is 25.8 Å². The Balaban J connectivity index is 1.78. The molecule has 0 spiro atoms. The highest BCUT2D eigenvalue weighted by molar-refractivity contribution is 6.33. The summed E-state index contributed by atoms with van der Waals surface area (Å²) in [5.41, 5.74) is 0.975. The van der Waals surface area contributed by atoms with Gasteiger partial charge in [0.1, 0.15) is 0 Å². The number of aromatic nitrogens is 3. The largest absolute Gasteiger partial charge is 0.462 e. The van der Waals surface area contributed by atoms with Gasteiger partial charge < -0.3 is 14.2 Å². The second kappa shape index (κ2) is 7.52. The Morgan fingerprint density at radius 1 is 1.21 bits per heavy atom. The molecule has 0 fully saturated rings. The van der Waals surface area contributed by atoms with Crippen molar-refractivity contribution in [3.63, 3.8) is 0 Å². The van der Waals surface area contributed by atoms with Crippen LogP contribution in [0.4, 0.5) is 0 Å². The van der Waals surface area contributed by atoms with E-state index in [1.807, 2.05) is 13.8 Å². The molecule has 2 heterocycles. The van der Waals surface area contributed by atoms with Crippen LogP contribution in [0.3, 0.4) is 0 Å². The van der Waals surface area contributed by atoms with Gasteiger partial charge in [0.2, 0.25) is 6.79 Å². The molecule has 7 nitrogen and oxygen atoms in total. The third kappa shape index (κ3) is 3.53. The lowest BCUT2D eigenvalue weighted by Crippen LogP contribution is -2.16. The Hall–Kier alpha value is -3.06. The maximum absolute atomic E-state index is 13.1. The van der Waals surface area contributed by atoms with Gasteiger partial charge in [0, 0.05) is 5.56 Å². The summed E-state index contributed by atoms with van der Waals surface area (Å²) in [4.78, 5) is 17.5. The zero-order chi connectivity index (χ0) is 19.7. The Morgan fingerprint density at radius 3 is 2.79 bits per heavy atom. The van der Waals surface area contributed by atoms with Crippen molar-refractivity contribution in [3.05, 3.63) is 53.1 Å². The van der Waals surface area contributed by atoms with Crippen LogP contribution < -0.4 is 14.2 Å². The molecule has 0 atom stereocenters. The number of rotatable bonds is 5. The number of carbonyl (C=O) groups is 1. The number of ether oxygens (including phenoxy) is 3. The van der Waals surface area contributed by atoms with Crippen LogP contribution in [0.1, 0.15) is 24.2 Å². The summed E-state index contributed by atoms with van der Waals surface area (Å²) < 4.78 is 17.6. The van der Waals surface area contributed by atoms with E-state index in [1.54, 1.807) is 42.5 Å². The first-order valence-corrected chi connectivity index (χ1v) is 9.20. The SMILES string of the molecule is CC(C)COc1nc(-c2ccc3c(c2)OCO3)n(C(=O)c2ccccc2Cl)n1. The highest BCUT2D eigenvalue weighted by Gasteiger charge is 2.23. The highest BCUT2D eigenvalue weighted by atomic mass is 35.5. The molecule has 0 radical (unpaired) electrons. The summed E-state index contributed by atoms with van der Waals surface area (Å²) in [6.07, 6.45) is 0. The van der Waals surface area contributed by atoms with Crippen LogP contribution in [0.25, 0.3) is 11.4 Å². The summed E-state index contributed by atoms with van der Waals surface area (Å²) in [5, 5.41) is 4.61. The van der Waals surface area contributed by atoms with E-state index in [1.165, 1.54) is 4.68 Å². The van der Waals surface area contributed by atoms with Crippen LogP contribution in [-0.2, 0) is 0 Å². The lowest BCUT2D eigenvalue weighted by atomic mass is 10.1. The molecule has 4 rings (SSSR count). The second-order valence-electron chi connectivity index (χ2n) is 6.69. The maximum atomic E-state index is 13.1. The van der Waals surface area contributed by atoms with E-state index in [-0.39, 0.29) is 12.8 Å². The summed E-state index contributed by atoms with van der Waals surface area (Å²) in [5.74, 6) is 1.46. The van der Waals surface area contributed by atoms with Gasteiger partial charge in [-0.05, 0) is 36.2 Å². The predicted octanol–water partition coefficient (Wildman–Crippen LogP) is 4.05. The zero-order valence-electron chi connectivity index (χ0n) is 15.4. The fourth-order valence-electron chi connectivity index (χ4n) is 2.71. The van der Waals surface area contributed by atoms with Crippen LogP contribution in [-0.4, -0.2) is 34.1 Å². The van der Waals surface area contributed by atoms with Crippen molar-refractivity contribution in [1.29, 1.82) is 0 Å². The molecule has 0 aliphatic carbocycles. The van der Waals surface area contributed by atoms with E-state index in [9.17, 15) is 4.79 Å². The second-order valence-corrected chi connectivity index (χ2v) is 7.09. The van der Waals surface area contributed by atoms with Crippen LogP contribution in [0, 0.1) is 5.92 Å². The van der Waals surface area contributed by atoms with Crippen molar-refractivity contribution < 1.29 is 19.0 Å². The molecule has 0 N–H and O–H groups in total. The molecule has 0 bridgehead atoms. The highest BCUT2D eigenvalue weighted by Crippen LogP contribution is 2.36. The van der Waals surface area contributed by atoms with Gasteiger partial charge in [-0.2, -0.15) is 9.67 Å². The van der Waals surface area contributed by atoms with Crippen molar-refractivity contribution in [3.8, 4) is 28.9 Å². The molecule has 28 heavy (non-hydrogen) atoms. The number of benzene rings is 2. The number of halogens is 1. The maximum Gasteiger partial charge on any atom is 0.336 e. The fraction of sp³-hybridized carbons (Fsp3) is 0.250. The minimum Gasteiger partial charge on any atom is -0.462 e. The molecule has 1 aromatic heterocycles. The standard InChI is InChI=1S/C20H18ClN3O4/c1-12(2)10-26-20-22-18(13-7-8-16-17(9-13)28-11-27-16)24(23-20)19(25)14-5-3-4-6-15(14)21/h3-9,12H,10-11H2,1-2H3. The fourth-order valence-corrected chi connectivity index (χ4v) is 2.92. The molecule has 0 saturated carbocycles. The number of hydrogen-bond donors (Lipinski definition) is 0. The van der Waals surface area contributed by atoms with Crippen LogP contribution in [0.2, 0.25) is 5.02 Å². The molecule has 0 saturated heterocycles. The Labute approximate surface area is 166 Å². The minimum absolute atomic E-state index is 0.127. The molecule has 144 valence electrons. The molecule has 2 aromatic carbocycles. The number of nitrogens with zero attached hydrogens (tertiary/aromatic N) is 3. The smallest absolute Gasteiger partial charge is 0.336 e. The lowest BCUT2D eigenvalue weighted by Gasteiger charge is -2.06. The summed E-state index contributed by atoms with van der Waals surface area (Å²) in [6.45, 7) is 4.63. The first-order valence-electron chi connectivity index (χ1n) is 8.82. The normalized spacial score (nSPS) is 12.4. The van der Waals surface area contributed by atoms with Gasteiger partial charge >= 0.3 is 6.01 Å². The predicted molar refractivity (Wildman–Crippen MR) is 103 cm³/mol. The molecular formula is C20H18ClN3O4. The molecule has 0 amide bonds. The Kier molecular flexibility index (Phi) is 4.92. The third-order valence-corrected chi connectivity index (χ3v) is 4.39.